The van der Waals surface area contributed by atoms with Gasteiger partial charge in [-0.1, -0.05) is 24.3 Å². The molecule has 0 radical (unpaired) electrons. The first-order valence-electron chi connectivity index (χ1n) is 10.7. The summed E-state index contributed by atoms with van der Waals surface area (Å²) in [5.41, 5.74) is 2.86. The van der Waals surface area contributed by atoms with Crippen LogP contribution in [0.5, 0.6) is 17.2 Å². The van der Waals surface area contributed by atoms with Gasteiger partial charge in [0.1, 0.15) is 23.3 Å². The third kappa shape index (κ3) is 5.61. The topological polar surface area (TPSA) is 105 Å². The first-order valence-corrected chi connectivity index (χ1v) is 12.1. The van der Waals surface area contributed by atoms with E-state index in [1.165, 1.54) is 48.5 Å². The first-order chi connectivity index (χ1) is 17.1. The van der Waals surface area contributed by atoms with Crippen molar-refractivity contribution < 1.29 is 41.1 Å². The molecule has 1 heterocycles. The van der Waals surface area contributed by atoms with E-state index in [9.17, 15) is 31.6 Å². The Bertz CT molecular complexity index is 1330. The minimum absolute atomic E-state index is 0.0192. The fourth-order valence-corrected chi connectivity index (χ4v) is 5.43. The lowest BCUT2D eigenvalue weighted by Crippen LogP contribution is -2.46. The molecular weight excluding hydrogens is 501 g/mol. The molecule has 1 aliphatic heterocycles. The molecule has 1 aliphatic rings. The smallest absolute Gasteiger partial charge is 0.422 e. The van der Waals surface area contributed by atoms with Crippen LogP contribution < -0.4 is 15.0 Å². The standard InChI is InChI=1S/C24H21F3N2O6S/c25-24(26,27)15-34-17-5-7-18(8-6-17)35-19-9-11-20(12-10-19)36(32,33)29-14-13-16-3-1-2-4-21(16)22(29)23(30)28-31/h1-12,22,31H,13-15H2,(H,28,30)/t22-/m1/s1. The van der Waals surface area contributed by atoms with E-state index < -0.39 is 34.8 Å². The van der Waals surface area contributed by atoms with Gasteiger partial charge in [-0.2, -0.15) is 17.5 Å². The van der Waals surface area contributed by atoms with Gasteiger partial charge in [0.2, 0.25) is 10.0 Å². The number of nitrogens with one attached hydrogen (secondary N) is 1. The Morgan fingerprint density at radius 1 is 0.972 bits per heavy atom. The molecule has 0 saturated carbocycles. The summed E-state index contributed by atoms with van der Waals surface area (Å²) >= 11 is 0. The Kier molecular flexibility index (Phi) is 7.20. The number of carbonyl (C=O) groups is 1. The van der Waals surface area contributed by atoms with E-state index >= 15 is 0 Å². The number of nitrogens with zero attached hydrogens (tertiary/aromatic N) is 1. The van der Waals surface area contributed by atoms with Crippen molar-refractivity contribution in [3.05, 3.63) is 83.9 Å². The van der Waals surface area contributed by atoms with E-state index in [0.29, 0.717) is 17.7 Å². The number of hydrogen-bond acceptors (Lipinski definition) is 6. The zero-order valence-corrected chi connectivity index (χ0v) is 19.4. The van der Waals surface area contributed by atoms with Gasteiger partial charge in [0.25, 0.3) is 5.91 Å². The summed E-state index contributed by atoms with van der Waals surface area (Å²) in [5, 5.41) is 9.23. The number of hydrogen-bond donors (Lipinski definition) is 2. The van der Waals surface area contributed by atoms with Gasteiger partial charge in [0, 0.05) is 6.54 Å². The Morgan fingerprint density at radius 3 is 2.17 bits per heavy atom. The monoisotopic (exact) mass is 522 g/mol. The molecule has 0 spiro atoms. The van der Waals surface area contributed by atoms with Gasteiger partial charge in [-0.3, -0.25) is 10.0 Å². The summed E-state index contributed by atoms with van der Waals surface area (Å²) in [4.78, 5) is 12.4. The largest absolute Gasteiger partial charge is 0.484 e. The third-order valence-electron chi connectivity index (χ3n) is 5.49. The Hall–Kier alpha value is -3.61. The Labute approximate surface area is 204 Å². The lowest BCUT2D eigenvalue weighted by molar-refractivity contribution is -0.153. The van der Waals surface area contributed by atoms with Gasteiger partial charge in [-0.15, -0.1) is 0 Å². The van der Waals surface area contributed by atoms with Crippen molar-refractivity contribution in [2.24, 2.45) is 0 Å². The van der Waals surface area contributed by atoms with Crippen molar-refractivity contribution in [1.82, 2.24) is 9.79 Å². The fourth-order valence-electron chi connectivity index (χ4n) is 3.86. The minimum atomic E-state index is -4.45. The highest BCUT2D eigenvalue weighted by Gasteiger charge is 2.40. The highest BCUT2D eigenvalue weighted by atomic mass is 32.2. The maximum Gasteiger partial charge on any atom is 0.422 e. The maximum absolute atomic E-state index is 13.4. The van der Waals surface area contributed by atoms with Gasteiger partial charge in [-0.05, 0) is 66.1 Å². The van der Waals surface area contributed by atoms with Crippen LogP contribution >= 0.6 is 0 Å². The van der Waals surface area contributed by atoms with Gasteiger partial charge in [0.15, 0.2) is 6.61 Å². The predicted octanol–water partition coefficient (Wildman–Crippen LogP) is 4.21. The number of alkyl halides is 3. The minimum Gasteiger partial charge on any atom is -0.484 e. The summed E-state index contributed by atoms with van der Waals surface area (Å²) in [7, 11) is -4.13. The van der Waals surface area contributed by atoms with Crippen LogP contribution in [0.1, 0.15) is 17.2 Å². The predicted molar refractivity (Wildman–Crippen MR) is 121 cm³/mol. The number of ether oxygens (including phenoxy) is 2. The van der Waals surface area contributed by atoms with E-state index in [0.717, 1.165) is 9.87 Å². The molecule has 0 aromatic heterocycles. The highest BCUT2D eigenvalue weighted by Crippen LogP contribution is 2.35. The van der Waals surface area contributed by atoms with E-state index in [1.54, 1.807) is 29.7 Å². The summed E-state index contributed by atoms with van der Waals surface area (Å²) in [6.45, 7) is -1.37. The number of rotatable bonds is 7. The molecule has 190 valence electrons. The number of carbonyl (C=O) groups excluding carboxylic acids is 1. The number of hydroxylamine groups is 1. The molecule has 2 N–H and O–H groups in total. The molecule has 36 heavy (non-hydrogen) atoms. The van der Waals surface area contributed by atoms with Crippen molar-refractivity contribution in [2.75, 3.05) is 13.2 Å². The number of halogens is 3. The van der Waals surface area contributed by atoms with Crippen LogP contribution in [0.25, 0.3) is 0 Å². The van der Waals surface area contributed by atoms with Crippen molar-refractivity contribution in [1.29, 1.82) is 0 Å². The lowest BCUT2D eigenvalue weighted by Gasteiger charge is -2.34. The van der Waals surface area contributed by atoms with Crippen molar-refractivity contribution in [2.45, 2.75) is 23.5 Å². The van der Waals surface area contributed by atoms with Crippen LogP contribution in [0.3, 0.4) is 0 Å². The molecule has 4 rings (SSSR count). The number of sulfonamides is 1. The van der Waals surface area contributed by atoms with Crippen LogP contribution in [0.2, 0.25) is 0 Å². The van der Waals surface area contributed by atoms with Gasteiger partial charge < -0.3 is 9.47 Å². The molecule has 1 amide bonds. The average Bonchev–Trinajstić information content (AvgIpc) is 2.87. The molecule has 0 fully saturated rings. The van der Waals surface area contributed by atoms with E-state index in [2.05, 4.69) is 4.74 Å². The molecule has 0 bridgehead atoms. The maximum atomic E-state index is 13.4. The first kappa shape index (κ1) is 25.5. The Balaban J connectivity index is 1.50. The van der Waals surface area contributed by atoms with Gasteiger partial charge in [-0.25, -0.2) is 13.9 Å². The number of amides is 1. The zero-order chi connectivity index (χ0) is 25.9. The normalized spacial score (nSPS) is 16.2. The Morgan fingerprint density at radius 2 is 1.56 bits per heavy atom. The lowest BCUT2D eigenvalue weighted by atomic mass is 9.94. The van der Waals surface area contributed by atoms with Crippen molar-refractivity contribution >= 4 is 15.9 Å². The second-order valence-corrected chi connectivity index (χ2v) is 9.78. The molecule has 3 aromatic carbocycles. The summed E-state index contributed by atoms with van der Waals surface area (Å²) < 4.78 is 74.9. The summed E-state index contributed by atoms with van der Waals surface area (Å²) in [5.74, 6) is -0.261. The molecule has 0 saturated heterocycles. The average molecular weight is 523 g/mol. The van der Waals surface area contributed by atoms with E-state index in [1.807, 2.05) is 0 Å². The third-order valence-corrected chi connectivity index (χ3v) is 7.37. The number of fused-ring (bicyclic) bond motifs is 1. The van der Waals surface area contributed by atoms with Crippen LogP contribution in [0, 0.1) is 0 Å². The van der Waals surface area contributed by atoms with Crippen LogP contribution in [-0.4, -0.2) is 43.2 Å². The molecular formula is C24H21F3N2O6S. The van der Waals surface area contributed by atoms with Crippen LogP contribution in [0.15, 0.2) is 77.7 Å². The fraction of sp³-hybridized carbons (Fsp3) is 0.208. The van der Waals surface area contributed by atoms with E-state index in [-0.39, 0.29) is 22.9 Å². The van der Waals surface area contributed by atoms with Crippen molar-refractivity contribution in [3.8, 4) is 17.2 Å². The summed E-state index contributed by atoms with van der Waals surface area (Å²) in [6, 6.07) is 16.6. The quantitative estimate of drug-likeness (QED) is 0.356. The zero-order valence-electron chi connectivity index (χ0n) is 18.6. The van der Waals surface area contributed by atoms with Crippen LogP contribution in [-0.2, 0) is 21.2 Å². The van der Waals surface area contributed by atoms with Crippen LogP contribution in [0.4, 0.5) is 13.2 Å². The molecule has 0 aliphatic carbocycles. The molecule has 12 heteroatoms. The summed E-state index contributed by atoms with van der Waals surface area (Å²) in [6.07, 6.45) is -4.05. The molecule has 3 aromatic rings. The van der Waals surface area contributed by atoms with Crippen molar-refractivity contribution in [3.63, 3.8) is 0 Å². The van der Waals surface area contributed by atoms with Gasteiger partial charge >= 0.3 is 6.18 Å². The number of benzene rings is 3. The van der Waals surface area contributed by atoms with Gasteiger partial charge in [0.05, 0.1) is 4.90 Å². The molecule has 8 nitrogen and oxygen atoms in total. The highest BCUT2D eigenvalue weighted by molar-refractivity contribution is 7.89. The molecule has 1 atom stereocenters. The SMILES string of the molecule is O=C(NO)[C@H]1c2ccccc2CCN1S(=O)(=O)c1ccc(Oc2ccc(OCC(F)(F)F)cc2)cc1. The van der Waals surface area contributed by atoms with E-state index in [4.69, 9.17) is 4.74 Å². The second-order valence-electron chi connectivity index (χ2n) is 7.89. The second kappa shape index (κ2) is 10.2. The molecule has 0 unspecified atom stereocenters.